The maximum Gasteiger partial charge on any atom is 0.222 e. The quantitative estimate of drug-likeness (QED) is 0.863. The molecule has 6 nitrogen and oxygen atoms in total. The monoisotopic (exact) mass is 292 g/mol. The summed E-state index contributed by atoms with van der Waals surface area (Å²) in [6, 6.07) is 7.72. The van der Waals surface area contributed by atoms with Crippen molar-refractivity contribution in [2.75, 3.05) is 22.6 Å². The van der Waals surface area contributed by atoms with Crippen LogP contribution >= 0.6 is 0 Å². The molecule has 0 spiro atoms. The second-order valence-corrected chi connectivity index (χ2v) is 7.32. The molecule has 7 heteroatoms. The topological polar surface area (TPSA) is 98.0 Å². The molecule has 1 aliphatic rings. The number of rotatable bonds is 2. The van der Waals surface area contributed by atoms with Crippen LogP contribution in [0.25, 0.3) is 10.9 Å². The van der Waals surface area contributed by atoms with E-state index in [2.05, 4.69) is 15.3 Å². The first-order valence-corrected chi connectivity index (χ1v) is 8.35. The molecule has 1 aromatic carbocycles. The molecule has 1 saturated heterocycles. The summed E-state index contributed by atoms with van der Waals surface area (Å²) in [7, 11) is -2.86. The Labute approximate surface area is 117 Å². The lowest BCUT2D eigenvalue weighted by Crippen LogP contribution is -2.32. The zero-order valence-corrected chi connectivity index (χ0v) is 11.7. The van der Waals surface area contributed by atoms with E-state index >= 15 is 0 Å². The Morgan fingerprint density at radius 2 is 1.85 bits per heavy atom. The number of nitrogens with two attached hydrogens (primary N) is 1. The van der Waals surface area contributed by atoms with Gasteiger partial charge in [-0.25, -0.2) is 13.4 Å². The van der Waals surface area contributed by atoms with Crippen molar-refractivity contribution in [1.29, 1.82) is 0 Å². The van der Waals surface area contributed by atoms with Gasteiger partial charge in [0.15, 0.2) is 0 Å². The van der Waals surface area contributed by atoms with Crippen LogP contribution in [0.4, 0.5) is 11.8 Å². The number of nitrogens with zero attached hydrogens (tertiary/aromatic N) is 2. The number of hydrogen-bond acceptors (Lipinski definition) is 6. The highest BCUT2D eigenvalue weighted by atomic mass is 32.2. The standard InChI is InChI=1S/C13H16N4O2S/c14-13-16-11-4-2-1-3-10(11)12(17-13)15-9-5-7-20(18,19)8-6-9/h1-4,9H,5-8H2,(H3,14,15,16,17). The summed E-state index contributed by atoms with van der Waals surface area (Å²) in [4.78, 5) is 8.42. The van der Waals surface area contributed by atoms with E-state index in [-0.39, 0.29) is 23.5 Å². The second-order valence-electron chi connectivity index (χ2n) is 5.02. The molecule has 0 amide bonds. The fourth-order valence-corrected chi connectivity index (χ4v) is 3.92. The molecule has 106 valence electrons. The molecular formula is C13H16N4O2S. The Morgan fingerprint density at radius 3 is 2.60 bits per heavy atom. The molecule has 0 atom stereocenters. The zero-order chi connectivity index (χ0) is 14.2. The van der Waals surface area contributed by atoms with Gasteiger partial charge in [0.2, 0.25) is 5.95 Å². The van der Waals surface area contributed by atoms with Crippen LogP contribution in [0, 0.1) is 0 Å². The molecule has 1 fully saturated rings. The third-order valence-corrected chi connectivity index (χ3v) is 5.23. The Kier molecular flexibility index (Phi) is 3.21. The van der Waals surface area contributed by atoms with Crippen molar-refractivity contribution in [2.45, 2.75) is 18.9 Å². The van der Waals surface area contributed by atoms with E-state index in [1.54, 1.807) is 0 Å². The summed E-state index contributed by atoms with van der Waals surface area (Å²) in [5, 5.41) is 4.21. The Morgan fingerprint density at radius 1 is 1.15 bits per heavy atom. The van der Waals surface area contributed by atoms with E-state index in [0.717, 1.165) is 10.9 Å². The lowest BCUT2D eigenvalue weighted by atomic mass is 10.1. The Hall–Kier alpha value is -1.89. The first kappa shape index (κ1) is 13.1. The van der Waals surface area contributed by atoms with Crippen LogP contribution in [0.5, 0.6) is 0 Å². The largest absolute Gasteiger partial charge is 0.368 e. The Bertz CT molecular complexity index is 731. The number of nitrogens with one attached hydrogen (secondary N) is 1. The van der Waals surface area contributed by atoms with Gasteiger partial charge < -0.3 is 11.1 Å². The van der Waals surface area contributed by atoms with E-state index < -0.39 is 9.84 Å². The minimum Gasteiger partial charge on any atom is -0.368 e. The van der Waals surface area contributed by atoms with Crippen LogP contribution in [0.3, 0.4) is 0 Å². The molecule has 0 saturated carbocycles. The van der Waals surface area contributed by atoms with Crippen molar-refractivity contribution >= 4 is 32.5 Å². The van der Waals surface area contributed by atoms with Crippen molar-refractivity contribution in [3.63, 3.8) is 0 Å². The molecule has 1 aliphatic heterocycles. The number of sulfone groups is 1. The number of para-hydroxylation sites is 1. The third-order valence-electron chi connectivity index (χ3n) is 3.52. The van der Waals surface area contributed by atoms with Crippen molar-refractivity contribution in [3.05, 3.63) is 24.3 Å². The average molecular weight is 292 g/mol. The van der Waals surface area contributed by atoms with Gasteiger partial charge >= 0.3 is 0 Å². The number of aromatic nitrogens is 2. The van der Waals surface area contributed by atoms with Crippen molar-refractivity contribution < 1.29 is 8.42 Å². The summed E-state index contributed by atoms with van der Waals surface area (Å²) >= 11 is 0. The molecule has 20 heavy (non-hydrogen) atoms. The molecule has 0 radical (unpaired) electrons. The minimum absolute atomic E-state index is 0.108. The first-order valence-electron chi connectivity index (χ1n) is 6.53. The minimum atomic E-state index is -2.86. The van der Waals surface area contributed by atoms with Gasteiger partial charge in [-0.3, -0.25) is 0 Å². The average Bonchev–Trinajstić information content (AvgIpc) is 2.41. The smallest absolute Gasteiger partial charge is 0.222 e. The predicted molar refractivity (Wildman–Crippen MR) is 79.2 cm³/mol. The van der Waals surface area contributed by atoms with Crippen molar-refractivity contribution in [2.24, 2.45) is 0 Å². The second kappa shape index (κ2) is 4.90. The van der Waals surface area contributed by atoms with Gasteiger partial charge in [0.05, 0.1) is 17.0 Å². The fourth-order valence-electron chi connectivity index (χ4n) is 2.43. The zero-order valence-electron chi connectivity index (χ0n) is 10.9. The van der Waals surface area contributed by atoms with E-state index in [4.69, 9.17) is 5.73 Å². The van der Waals surface area contributed by atoms with E-state index in [1.807, 2.05) is 24.3 Å². The van der Waals surface area contributed by atoms with Gasteiger partial charge in [0, 0.05) is 11.4 Å². The van der Waals surface area contributed by atoms with Gasteiger partial charge in [-0.05, 0) is 25.0 Å². The van der Waals surface area contributed by atoms with Gasteiger partial charge in [0.1, 0.15) is 15.7 Å². The number of nitrogen functional groups attached to an aromatic ring is 1. The lowest BCUT2D eigenvalue weighted by Gasteiger charge is -2.24. The highest BCUT2D eigenvalue weighted by Crippen LogP contribution is 2.24. The summed E-state index contributed by atoms with van der Waals surface area (Å²) in [6.07, 6.45) is 1.20. The normalized spacial score (nSPS) is 19.0. The number of benzene rings is 1. The molecule has 2 heterocycles. The summed E-state index contributed by atoms with van der Waals surface area (Å²) in [6.45, 7) is 0. The van der Waals surface area contributed by atoms with Crippen molar-refractivity contribution in [3.8, 4) is 0 Å². The van der Waals surface area contributed by atoms with E-state index in [9.17, 15) is 8.42 Å². The maximum absolute atomic E-state index is 11.4. The van der Waals surface area contributed by atoms with Crippen LogP contribution in [-0.2, 0) is 9.84 Å². The molecular weight excluding hydrogens is 276 g/mol. The molecule has 0 bridgehead atoms. The number of hydrogen-bond donors (Lipinski definition) is 2. The van der Waals surface area contributed by atoms with Gasteiger partial charge in [-0.15, -0.1) is 0 Å². The van der Waals surface area contributed by atoms with Crippen LogP contribution in [0.1, 0.15) is 12.8 Å². The molecule has 0 aliphatic carbocycles. The molecule has 1 aromatic heterocycles. The van der Waals surface area contributed by atoms with Crippen LogP contribution in [-0.4, -0.2) is 35.9 Å². The van der Waals surface area contributed by atoms with Gasteiger partial charge in [-0.1, -0.05) is 12.1 Å². The van der Waals surface area contributed by atoms with Gasteiger partial charge in [-0.2, -0.15) is 4.98 Å². The van der Waals surface area contributed by atoms with Crippen LogP contribution in [0.2, 0.25) is 0 Å². The van der Waals surface area contributed by atoms with Crippen LogP contribution in [0.15, 0.2) is 24.3 Å². The summed E-state index contributed by atoms with van der Waals surface area (Å²) < 4.78 is 22.9. The van der Waals surface area contributed by atoms with E-state index in [0.29, 0.717) is 18.7 Å². The molecule has 3 rings (SSSR count). The molecule has 0 unspecified atom stereocenters. The first-order chi connectivity index (χ1) is 9.53. The van der Waals surface area contributed by atoms with Crippen molar-refractivity contribution in [1.82, 2.24) is 9.97 Å². The molecule has 2 aromatic rings. The maximum atomic E-state index is 11.4. The Balaban J connectivity index is 1.88. The predicted octanol–water partition coefficient (Wildman–Crippen LogP) is 1.20. The van der Waals surface area contributed by atoms with Gasteiger partial charge in [0.25, 0.3) is 0 Å². The lowest BCUT2D eigenvalue weighted by molar-refractivity contribution is 0.559. The van der Waals surface area contributed by atoms with E-state index in [1.165, 1.54) is 0 Å². The number of anilines is 2. The molecule has 3 N–H and O–H groups in total. The number of fused-ring (bicyclic) bond motifs is 1. The fraction of sp³-hybridized carbons (Fsp3) is 0.385. The van der Waals surface area contributed by atoms with Crippen LogP contribution < -0.4 is 11.1 Å². The third kappa shape index (κ3) is 2.67. The summed E-state index contributed by atoms with van der Waals surface area (Å²) in [5.74, 6) is 1.35. The highest BCUT2D eigenvalue weighted by Gasteiger charge is 2.24. The summed E-state index contributed by atoms with van der Waals surface area (Å²) in [5.41, 5.74) is 6.50. The highest BCUT2D eigenvalue weighted by molar-refractivity contribution is 7.91. The SMILES string of the molecule is Nc1nc(NC2CCS(=O)(=O)CC2)c2ccccc2n1.